The van der Waals surface area contributed by atoms with Crippen LogP contribution >= 0.6 is 0 Å². The van der Waals surface area contributed by atoms with E-state index in [9.17, 15) is 8.78 Å². The summed E-state index contributed by atoms with van der Waals surface area (Å²) in [7, 11) is 1.75. The van der Waals surface area contributed by atoms with Crippen LogP contribution in [0.3, 0.4) is 0 Å². The molecule has 1 aliphatic carbocycles. The molecule has 3 nitrogen and oxygen atoms in total. The van der Waals surface area contributed by atoms with E-state index >= 15 is 0 Å². The maximum Gasteiger partial charge on any atom is 0.201 e. The summed E-state index contributed by atoms with van der Waals surface area (Å²) in [6.07, 6.45) is 9.37. The van der Waals surface area contributed by atoms with Gasteiger partial charge in [-0.3, -0.25) is 0 Å². The van der Waals surface area contributed by atoms with Crippen molar-refractivity contribution in [1.29, 1.82) is 0 Å². The zero-order chi connectivity index (χ0) is 22.8. The molecule has 2 aromatic carbocycles. The van der Waals surface area contributed by atoms with Crippen molar-refractivity contribution < 1.29 is 23.0 Å². The van der Waals surface area contributed by atoms with Gasteiger partial charge < -0.3 is 14.2 Å². The van der Waals surface area contributed by atoms with Crippen LogP contribution in [0.1, 0.15) is 69.8 Å². The minimum atomic E-state index is -0.929. The zero-order valence-electron chi connectivity index (χ0n) is 19.4. The SMILES string of the molecule is CCOc1ccc(-c2ccc(C3CCC(OCCCCCCOC)CC3)cc2)c(F)c1F. The van der Waals surface area contributed by atoms with Gasteiger partial charge in [0.2, 0.25) is 5.82 Å². The Kier molecular flexibility index (Phi) is 9.94. The maximum atomic E-state index is 14.5. The van der Waals surface area contributed by atoms with Crippen LogP contribution in [0, 0.1) is 11.6 Å². The lowest BCUT2D eigenvalue weighted by atomic mass is 9.82. The van der Waals surface area contributed by atoms with E-state index < -0.39 is 11.6 Å². The van der Waals surface area contributed by atoms with Crippen molar-refractivity contribution in [3.05, 3.63) is 53.6 Å². The zero-order valence-corrected chi connectivity index (χ0v) is 19.4. The Balaban J connectivity index is 1.47. The van der Waals surface area contributed by atoms with Gasteiger partial charge >= 0.3 is 0 Å². The van der Waals surface area contributed by atoms with Gasteiger partial charge in [-0.25, -0.2) is 4.39 Å². The molecule has 0 heterocycles. The average molecular weight is 447 g/mol. The topological polar surface area (TPSA) is 27.7 Å². The number of unbranched alkanes of at least 4 members (excludes halogenated alkanes) is 3. The molecule has 3 rings (SSSR count). The molecule has 0 unspecified atom stereocenters. The quantitative estimate of drug-likeness (QED) is 0.321. The molecular weight excluding hydrogens is 410 g/mol. The molecule has 0 N–H and O–H groups in total. The van der Waals surface area contributed by atoms with Gasteiger partial charge in [0.15, 0.2) is 11.6 Å². The normalized spacial score (nSPS) is 18.6. The monoisotopic (exact) mass is 446 g/mol. The smallest absolute Gasteiger partial charge is 0.201 e. The minimum absolute atomic E-state index is 0.0459. The summed E-state index contributed by atoms with van der Waals surface area (Å²) in [6, 6.07) is 11.0. The highest BCUT2D eigenvalue weighted by molar-refractivity contribution is 5.65. The summed E-state index contributed by atoms with van der Waals surface area (Å²) in [4.78, 5) is 0. The Labute approximate surface area is 191 Å². The van der Waals surface area contributed by atoms with Gasteiger partial charge in [0.1, 0.15) is 0 Å². The molecule has 1 saturated carbocycles. The van der Waals surface area contributed by atoms with E-state index in [-0.39, 0.29) is 11.3 Å². The predicted octanol–water partition coefficient (Wildman–Crippen LogP) is 7.28. The van der Waals surface area contributed by atoms with Crippen molar-refractivity contribution in [3.63, 3.8) is 0 Å². The summed E-state index contributed by atoms with van der Waals surface area (Å²) >= 11 is 0. The Morgan fingerprint density at radius 2 is 1.50 bits per heavy atom. The third kappa shape index (κ3) is 6.76. The predicted molar refractivity (Wildman–Crippen MR) is 124 cm³/mol. The van der Waals surface area contributed by atoms with E-state index in [2.05, 4.69) is 12.1 Å². The standard InChI is InChI=1S/C27H36F2O3/c1-3-31-25-17-16-24(26(28)27(25)29)22-10-8-20(9-11-22)21-12-14-23(15-13-21)32-19-7-5-4-6-18-30-2/h8-11,16-17,21,23H,3-7,12-15,18-19H2,1-2H3. The molecule has 0 saturated heterocycles. The molecule has 0 radical (unpaired) electrons. The first kappa shape index (κ1) is 24.7. The lowest BCUT2D eigenvalue weighted by Gasteiger charge is -2.29. The van der Waals surface area contributed by atoms with Crippen molar-refractivity contribution in [3.8, 4) is 16.9 Å². The van der Waals surface area contributed by atoms with E-state index in [0.29, 0.717) is 24.2 Å². The summed E-state index contributed by atoms with van der Waals surface area (Å²) < 4.78 is 45.0. The molecule has 32 heavy (non-hydrogen) atoms. The first-order chi connectivity index (χ1) is 15.6. The van der Waals surface area contributed by atoms with E-state index in [0.717, 1.165) is 51.7 Å². The molecule has 0 atom stereocenters. The first-order valence-corrected chi connectivity index (χ1v) is 12.0. The fourth-order valence-corrected chi connectivity index (χ4v) is 4.47. The van der Waals surface area contributed by atoms with Gasteiger partial charge in [0.05, 0.1) is 12.7 Å². The highest BCUT2D eigenvalue weighted by Crippen LogP contribution is 2.36. The third-order valence-corrected chi connectivity index (χ3v) is 6.31. The lowest BCUT2D eigenvalue weighted by Crippen LogP contribution is -2.21. The van der Waals surface area contributed by atoms with Crippen LogP contribution in [0.4, 0.5) is 8.78 Å². The van der Waals surface area contributed by atoms with Gasteiger partial charge in [-0.15, -0.1) is 0 Å². The molecule has 2 aromatic rings. The number of benzene rings is 2. The number of halogens is 2. The number of hydrogen-bond acceptors (Lipinski definition) is 3. The molecule has 0 spiro atoms. The van der Waals surface area contributed by atoms with Crippen LogP contribution in [-0.2, 0) is 9.47 Å². The average Bonchev–Trinajstić information content (AvgIpc) is 2.82. The second kappa shape index (κ2) is 12.9. The fraction of sp³-hybridized carbons (Fsp3) is 0.556. The Morgan fingerprint density at radius 1 is 0.812 bits per heavy atom. The molecule has 176 valence electrons. The minimum Gasteiger partial charge on any atom is -0.491 e. The molecule has 0 aliphatic heterocycles. The van der Waals surface area contributed by atoms with Crippen LogP contribution in [-0.4, -0.2) is 33.0 Å². The van der Waals surface area contributed by atoms with E-state index in [4.69, 9.17) is 14.2 Å². The van der Waals surface area contributed by atoms with Crippen molar-refractivity contribution in [2.24, 2.45) is 0 Å². The van der Waals surface area contributed by atoms with Crippen LogP contribution in [0.2, 0.25) is 0 Å². The van der Waals surface area contributed by atoms with Crippen LogP contribution < -0.4 is 4.74 Å². The first-order valence-electron chi connectivity index (χ1n) is 12.0. The van der Waals surface area contributed by atoms with Crippen molar-refractivity contribution in [2.75, 3.05) is 26.9 Å². The van der Waals surface area contributed by atoms with Crippen LogP contribution in [0.15, 0.2) is 36.4 Å². The van der Waals surface area contributed by atoms with Gasteiger partial charge in [0, 0.05) is 25.9 Å². The third-order valence-electron chi connectivity index (χ3n) is 6.31. The molecular formula is C27H36F2O3. The van der Waals surface area contributed by atoms with Gasteiger partial charge in [-0.1, -0.05) is 37.1 Å². The summed E-state index contributed by atoms with van der Waals surface area (Å²) in [5.74, 6) is -1.34. The maximum absolute atomic E-state index is 14.5. The van der Waals surface area contributed by atoms with Crippen molar-refractivity contribution in [1.82, 2.24) is 0 Å². The summed E-state index contributed by atoms with van der Waals surface area (Å²) in [5.41, 5.74) is 2.20. The molecule has 1 aliphatic rings. The number of methoxy groups -OCH3 is 1. The highest BCUT2D eigenvalue weighted by atomic mass is 19.2. The lowest BCUT2D eigenvalue weighted by molar-refractivity contribution is 0.0224. The van der Waals surface area contributed by atoms with Gasteiger partial charge in [0.25, 0.3) is 0 Å². The molecule has 0 aromatic heterocycles. The van der Waals surface area contributed by atoms with Crippen molar-refractivity contribution in [2.45, 2.75) is 70.3 Å². The Bertz CT molecular complexity index is 814. The molecule has 5 heteroatoms. The van der Waals surface area contributed by atoms with Gasteiger partial charge in [-0.05, 0) is 74.6 Å². The highest BCUT2D eigenvalue weighted by Gasteiger charge is 2.23. The number of rotatable bonds is 12. The largest absolute Gasteiger partial charge is 0.491 e. The fourth-order valence-electron chi connectivity index (χ4n) is 4.47. The molecule has 0 bridgehead atoms. The summed E-state index contributed by atoms with van der Waals surface area (Å²) in [5, 5.41) is 0. The Hall–Kier alpha value is -1.98. The van der Waals surface area contributed by atoms with Crippen LogP contribution in [0.5, 0.6) is 5.75 Å². The van der Waals surface area contributed by atoms with Gasteiger partial charge in [-0.2, -0.15) is 4.39 Å². The number of hydrogen-bond donors (Lipinski definition) is 0. The van der Waals surface area contributed by atoms with E-state index in [1.54, 1.807) is 20.1 Å². The number of ether oxygens (including phenoxy) is 3. The van der Waals surface area contributed by atoms with Crippen LogP contribution in [0.25, 0.3) is 11.1 Å². The second-order valence-electron chi connectivity index (χ2n) is 8.55. The second-order valence-corrected chi connectivity index (χ2v) is 8.55. The summed E-state index contributed by atoms with van der Waals surface area (Å²) in [6.45, 7) is 3.74. The molecule has 0 amide bonds. The van der Waals surface area contributed by atoms with E-state index in [1.165, 1.54) is 24.5 Å². The van der Waals surface area contributed by atoms with E-state index in [1.807, 2.05) is 12.1 Å². The Morgan fingerprint density at radius 3 is 2.16 bits per heavy atom. The molecule has 1 fully saturated rings. The van der Waals surface area contributed by atoms with Crippen molar-refractivity contribution >= 4 is 0 Å².